The fourth-order valence-electron chi connectivity index (χ4n) is 3.03. The van der Waals surface area contributed by atoms with Crippen LogP contribution in [0, 0.1) is 6.92 Å². The number of aromatic nitrogens is 2. The lowest BCUT2D eigenvalue weighted by Gasteiger charge is -2.03. The van der Waals surface area contributed by atoms with Gasteiger partial charge in [-0.15, -0.1) is 17.0 Å². The van der Waals surface area contributed by atoms with Gasteiger partial charge in [-0.3, -0.25) is 4.79 Å². The van der Waals surface area contributed by atoms with Crippen LogP contribution in [-0.4, -0.2) is 17.5 Å². The minimum absolute atomic E-state index is 0. The number of imidazole rings is 1. The van der Waals surface area contributed by atoms with E-state index < -0.39 is 0 Å². The molecule has 0 saturated carbocycles. The monoisotopic (exact) mass is 389 g/mol. The Morgan fingerprint density at radius 3 is 2.42 bits per heavy atom. The van der Waals surface area contributed by atoms with E-state index in [0.717, 1.165) is 29.2 Å². The van der Waals surface area contributed by atoms with Gasteiger partial charge in [0.25, 0.3) is 5.82 Å². The zero-order valence-corrected chi connectivity index (χ0v) is 15.9. The lowest BCUT2D eigenvalue weighted by Crippen LogP contribution is -2.40. The van der Waals surface area contributed by atoms with Crippen molar-refractivity contribution in [2.24, 2.45) is 0 Å². The van der Waals surface area contributed by atoms with Gasteiger partial charge in [0.2, 0.25) is 5.78 Å². The van der Waals surface area contributed by atoms with Crippen molar-refractivity contribution in [2.75, 3.05) is 7.11 Å². The molecular weight excluding hydrogens is 368 g/mol. The van der Waals surface area contributed by atoms with E-state index in [1.54, 1.807) is 7.11 Å². The summed E-state index contributed by atoms with van der Waals surface area (Å²) in [7, 11) is 1.62. The minimum atomic E-state index is 0. The van der Waals surface area contributed by atoms with Crippen molar-refractivity contribution in [3.8, 4) is 5.75 Å². The fraction of sp³-hybridized carbons (Fsp3) is 0.263. The third-order valence-corrected chi connectivity index (χ3v) is 4.27. The van der Waals surface area contributed by atoms with Crippen LogP contribution in [0.2, 0.25) is 0 Å². The number of fused-ring (bicyclic) bond motifs is 1. The number of ketones is 1. The van der Waals surface area contributed by atoms with E-state index in [9.17, 15) is 4.79 Å². The summed E-state index contributed by atoms with van der Waals surface area (Å²) in [4.78, 5) is 12.6. The molecule has 0 bridgehead atoms. The average molecular weight is 390 g/mol. The van der Waals surface area contributed by atoms with Crippen molar-refractivity contribution < 1.29 is 14.1 Å². The second-order valence-electron chi connectivity index (χ2n) is 5.52. The SMILES string of the molecule is Br.CCn1c(C)[n+](CC(=O)c2ccc(OC)cc2)c2ccccc21. The van der Waals surface area contributed by atoms with Gasteiger partial charge in [0.15, 0.2) is 17.6 Å². The molecule has 0 N–H and O–H groups in total. The highest BCUT2D eigenvalue weighted by Crippen LogP contribution is 2.15. The molecule has 0 radical (unpaired) electrons. The van der Waals surface area contributed by atoms with E-state index in [4.69, 9.17) is 4.74 Å². The second kappa shape index (κ2) is 7.62. The molecule has 0 saturated heterocycles. The minimum Gasteiger partial charge on any atom is -0.497 e. The molecule has 0 amide bonds. The van der Waals surface area contributed by atoms with Crippen molar-refractivity contribution in [2.45, 2.75) is 26.9 Å². The number of halogens is 1. The van der Waals surface area contributed by atoms with Crippen LogP contribution in [0.5, 0.6) is 5.75 Å². The number of methoxy groups -OCH3 is 1. The van der Waals surface area contributed by atoms with Crippen LogP contribution in [0.1, 0.15) is 23.1 Å². The Kier molecular flexibility index (Phi) is 5.78. The number of hydrogen-bond donors (Lipinski definition) is 0. The molecule has 1 heterocycles. The van der Waals surface area contributed by atoms with E-state index >= 15 is 0 Å². The molecule has 126 valence electrons. The van der Waals surface area contributed by atoms with Crippen molar-refractivity contribution in [3.63, 3.8) is 0 Å². The van der Waals surface area contributed by atoms with Crippen molar-refractivity contribution >= 4 is 33.8 Å². The summed E-state index contributed by atoms with van der Waals surface area (Å²) in [6.45, 7) is 5.40. The van der Waals surface area contributed by atoms with Crippen LogP contribution >= 0.6 is 17.0 Å². The molecule has 0 aliphatic carbocycles. The van der Waals surface area contributed by atoms with Crippen LogP contribution in [0.25, 0.3) is 11.0 Å². The number of rotatable bonds is 5. The Labute approximate surface area is 152 Å². The number of hydrogen-bond acceptors (Lipinski definition) is 2. The van der Waals surface area contributed by atoms with Crippen molar-refractivity contribution in [1.82, 2.24) is 4.57 Å². The molecule has 4 nitrogen and oxygen atoms in total. The lowest BCUT2D eigenvalue weighted by molar-refractivity contribution is -0.664. The summed E-state index contributed by atoms with van der Waals surface area (Å²) in [6.07, 6.45) is 0. The van der Waals surface area contributed by atoms with Gasteiger partial charge in [-0.25, -0.2) is 9.13 Å². The largest absolute Gasteiger partial charge is 0.497 e. The number of carbonyl (C=O) groups excluding carboxylic acids is 1. The smallest absolute Gasteiger partial charge is 0.254 e. The highest BCUT2D eigenvalue weighted by atomic mass is 79.9. The standard InChI is InChI=1S/C19H21N2O2.BrH/c1-4-20-14(2)21(18-8-6-5-7-17(18)20)13-19(22)15-9-11-16(23-3)12-10-15;/h5-12H,4,13H2,1-3H3;1H/q+1;. The lowest BCUT2D eigenvalue weighted by atomic mass is 10.1. The van der Waals surface area contributed by atoms with Gasteiger partial charge in [0.1, 0.15) is 5.75 Å². The predicted molar refractivity (Wildman–Crippen MR) is 100 cm³/mol. The van der Waals surface area contributed by atoms with Gasteiger partial charge in [0, 0.05) is 12.5 Å². The number of ether oxygens (including phenoxy) is 1. The van der Waals surface area contributed by atoms with Gasteiger partial charge >= 0.3 is 0 Å². The summed E-state index contributed by atoms with van der Waals surface area (Å²) < 4.78 is 9.46. The van der Waals surface area contributed by atoms with E-state index in [2.05, 4.69) is 35.1 Å². The highest BCUT2D eigenvalue weighted by Gasteiger charge is 2.22. The summed E-state index contributed by atoms with van der Waals surface area (Å²) in [5, 5.41) is 0. The molecule has 1 aromatic heterocycles. The molecule has 0 fully saturated rings. The third kappa shape index (κ3) is 3.22. The number of para-hydroxylation sites is 2. The molecular formula is C19H22BrN2O2+. The quantitative estimate of drug-likeness (QED) is 0.492. The Balaban J connectivity index is 0.00000208. The molecule has 0 atom stereocenters. The molecule has 3 aromatic rings. The summed E-state index contributed by atoms with van der Waals surface area (Å²) >= 11 is 0. The van der Waals surface area contributed by atoms with E-state index in [1.807, 2.05) is 36.4 Å². The summed E-state index contributed by atoms with van der Waals surface area (Å²) in [5.41, 5.74) is 2.95. The maximum absolute atomic E-state index is 12.6. The van der Waals surface area contributed by atoms with Crippen LogP contribution < -0.4 is 9.30 Å². The molecule has 0 unspecified atom stereocenters. The first kappa shape index (κ1) is 18.2. The normalized spacial score (nSPS) is 10.5. The van der Waals surface area contributed by atoms with Crippen LogP contribution in [0.3, 0.4) is 0 Å². The molecule has 5 heteroatoms. The first-order chi connectivity index (χ1) is 11.2. The van der Waals surface area contributed by atoms with E-state index in [-0.39, 0.29) is 22.8 Å². The summed E-state index contributed by atoms with van der Waals surface area (Å²) in [6, 6.07) is 15.5. The van der Waals surface area contributed by atoms with Gasteiger partial charge < -0.3 is 4.74 Å². The third-order valence-electron chi connectivity index (χ3n) is 4.27. The number of Topliss-reactive ketones (excluding diaryl/α,β-unsaturated/α-hetero) is 1. The van der Waals surface area contributed by atoms with Gasteiger partial charge in [-0.1, -0.05) is 12.1 Å². The van der Waals surface area contributed by atoms with Gasteiger partial charge in [-0.2, -0.15) is 0 Å². The molecule has 0 aliphatic rings. The highest BCUT2D eigenvalue weighted by molar-refractivity contribution is 8.93. The Morgan fingerprint density at radius 1 is 1.12 bits per heavy atom. The Morgan fingerprint density at radius 2 is 1.79 bits per heavy atom. The molecule has 24 heavy (non-hydrogen) atoms. The predicted octanol–water partition coefficient (Wildman–Crippen LogP) is 3.73. The first-order valence-corrected chi connectivity index (χ1v) is 7.80. The number of benzene rings is 2. The van der Waals surface area contributed by atoms with Crippen molar-refractivity contribution in [1.29, 1.82) is 0 Å². The van der Waals surface area contributed by atoms with Crippen LogP contribution in [0.4, 0.5) is 0 Å². The van der Waals surface area contributed by atoms with Crippen LogP contribution in [-0.2, 0) is 13.1 Å². The number of nitrogens with zero attached hydrogens (tertiary/aromatic N) is 2. The van der Waals surface area contributed by atoms with Crippen LogP contribution in [0.15, 0.2) is 48.5 Å². The van der Waals surface area contributed by atoms with E-state index in [1.165, 1.54) is 0 Å². The average Bonchev–Trinajstić information content (AvgIpc) is 2.86. The van der Waals surface area contributed by atoms with Gasteiger partial charge in [-0.05, 0) is 43.3 Å². The topological polar surface area (TPSA) is 35.1 Å². The molecule has 2 aromatic carbocycles. The fourth-order valence-corrected chi connectivity index (χ4v) is 3.03. The number of carbonyl (C=O) groups is 1. The van der Waals surface area contributed by atoms with Gasteiger partial charge in [0.05, 0.1) is 13.7 Å². The molecule has 0 aliphatic heterocycles. The maximum atomic E-state index is 12.6. The molecule has 3 rings (SSSR count). The first-order valence-electron chi connectivity index (χ1n) is 7.80. The zero-order valence-electron chi connectivity index (χ0n) is 14.2. The second-order valence-corrected chi connectivity index (χ2v) is 5.52. The summed E-state index contributed by atoms with van der Waals surface area (Å²) in [5.74, 6) is 1.95. The Bertz CT molecular complexity index is 854. The zero-order chi connectivity index (χ0) is 16.4. The van der Waals surface area contributed by atoms with Crippen molar-refractivity contribution in [3.05, 3.63) is 59.9 Å². The maximum Gasteiger partial charge on any atom is 0.254 e. The number of aryl methyl sites for hydroxylation is 1. The van der Waals surface area contributed by atoms with E-state index in [0.29, 0.717) is 12.1 Å². The Hall–Kier alpha value is -2.14. The molecule has 0 spiro atoms.